The van der Waals surface area contributed by atoms with E-state index in [2.05, 4.69) is 9.97 Å². The van der Waals surface area contributed by atoms with Crippen LogP contribution in [-0.4, -0.2) is 9.97 Å². The van der Waals surface area contributed by atoms with Crippen molar-refractivity contribution in [3.05, 3.63) is 16.9 Å². The van der Waals surface area contributed by atoms with Gasteiger partial charge in [-0.3, -0.25) is 0 Å². The van der Waals surface area contributed by atoms with E-state index in [1.54, 1.807) is 6.20 Å². The van der Waals surface area contributed by atoms with Crippen LogP contribution in [0, 0.1) is 6.92 Å². The topological polar surface area (TPSA) is 51.8 Å². The zero-order valence-corrected chi connectivity index (χ0v) is 5.68. The molecule has 1 aromatic heterocycles. The molecule has 0 aliphatic heterocycles. The molecule has 0 aliphatic carbocycles. The van der Waals surface area contributed by atoms with Crippen LogP contribution in [0.3, 0.4) is 0 Å². The van der Waals surface area contributed by atoms with Crippen molar-refractivity contribution in [2.45, 2.75) is 6.92 Å². The van der Waals surface area contributed by atoms with E-state index in [9.17, 15) is 0 Å². The first-order chi connectivity index (χ1) is 4.20. The van der Waals surface area contributed by atoms with E-state index in [1.807, 2.05) is 6.92 Å². The minimum Gasteiger partial charge on any atom is -0.368 e. The van der Waals surface area contributed by atoms with Crippen LogP contribution in [0.5, 0.6) is 0 Å². The third-order valence-electron chi connectivity index (χ3n) is 0.929. The van der Waals surface area contributed by atoms with E-state index in [1.165, 1.54) is 0 Å². The molecule has 0 aromatic carbocycles. The first-order valence-electron chi connectivity index (χ1n) is 2.45. The molecule has 4 heteroatoms. The van der Waals surface area contributed by atoms with Gasteiger partial charge in [0.15, 0.2) is 0 Å². The molecule has 0 unspecified atom stereocenters. The Morgan fingerprint density at radius 2 is 2.33 bits per heavy atom. The summed E-state index contributed by atoms with van der Waals surface area (Å²) >= 11 is 5.58. The van der Waals surface area contributed by atoms with Crippen LogP contribution < -0.4 is 5.73 Å². The number of halogens is 1. The zero-order valence-electron chi connectivity index (χ0n) is 4.93. The lowest BCUT2D eigenvalue weighted by molar-refractivity contribution is 1.15. The van der Waals surface area contributed by atoms with Gasteiger partial charge < -0.3 is 5.73 Å². The summed E-state index contributed by atoms with van der Waals surface area (Å²) in [6.07, 6.45) is 1.59. The number of nitrogen functional groups attached to an aromatic ring is 1. The van der Waals surface area contributed by atoms with E-state index < -0.39 is 0 Å². The van der Waals surface area contributed by atoms with Crippen molar-refractivity contribution in [1.82, 2.24) is 9.97 Å². The minimum atomic E-state index is 0.214. The molecule has 1 rings (SSSR count). The molecular formula is C5H6ClN3. The lowest BCUT2D eigenvalue weighted by Crippen LogP contribution is -1.94. The van der Waals surface area contributed by atoms with Gasteiger partial charge in [0.25, 0.3) is 0 Å². The van der Waals surface area contributed by atoms with Crippen molar-refractivity contribution in [3.63, 3.8) is 0 Å². The maximum absolute atomic E-state index is 5.58. The number of aromatic nitrogens is 2. The summed E-state index contributed by atoms with van der Waals surface area (Å²) < 4.78 is 0. The lowest BCUT2D eigenvalue weighted by Gasteiger charge is -1.94. The van der Waals surface area contributed by atoms with Gasteiger partial charge in [0, 0.05) is 11.8 Å². The first-order valence-corrected chi connectivity index (χ1v) is 2.82. The van der Waals surface area contributed by atoms with Crippen LogP contribution >= 0.6 is 11.6 Å². The van der Waals surface area contributed by atoms with Crippen LogP contribution in [0.2, 0.25) is 5.15 Å². The van der Waals surface area contributed by atoms with Gasteiger partial charge >= 0.3 is 0 Å². The van der Waals surface area contributed by atoms with E-state index in [0.29, 0.717) is 5.15 Å². The van der Waals surface area contributed by atoms with Gasteiger partial charge in [0.1, 0.15) is 5.15 Å². The van der Waals surface area contributed by atoms with E-state index >= 15 is 0 Å². The molecule has 9 heavy (non-hydrogen) atoms. The molecular weight excluding hydrogens is 138 g/mol. The van der Waals surface area contributed by atoms with Crippen molar-refractivity contribution < 1.29 is 0 Å². The molecule has 0 fully saturated rings. The Labute approximate surface area is 57.9 Å². The molecule has 1 heterocycles. The maximum Gasteiger partial charge on any atom is 0.221 e. The zero-order chi connectivity index (χ0) is 6.85. The summed E-state index contributed by atoms with van der Waals surface area (Å²) in [5.74, 6) is 0.214. The number of aryl methyl sites for hydroxylation is 1. The van der Waals surface area contributed by atoms with Crippen molar-refractivity contribution in [3.8, 4) is 0 Å². The Hall–Kier alpha value is -0.830. The van der Waals surface area contributed by atoms with Gasteiger partial charge in [0.05, 0.1) is 0 Å². The lowest BCUT2D eigenvalue weighted by atomic mass is 10.4. The average Bonchev–Trinajstić information content (AvgIpc) is 1.80. The minimum absolute atomic E-state index is 0.214. The summed E-state index contributed by atoms with van der Waals surface area (Å²) in [5, 5.41) is 0.419. The van der Waals surface area contributed by atoms with Crippen LogP contribution in [0.25, 0.3) is 0 Å². The molecule has 0 radical (unpaired) electrons. The van der Waals surface area contributed by atoms with Gasteiger partial charge in [-0.1, -0.05) is 11.6 Å². The molecule has 2 N–H and O–H groups in total. The number of hydrogen-bond donors (Lipinski definition) is 1. The molecule has 0 aliphatic rings. The molecule has 0 atom stereocenters. The Bertz CT molecular complexity index is 223. The summed E-state index contributed by atoms with van der Waals surface area (Å²) in [6, 6.07) is 0. The monoisotopic (exact) mass is 143 g/mol. The largest absolute Gasteiger partial charge is 0.368 e. The third kappa shape index (κ3) is 1.29. The molecule has 1 aromatic rings. The highest BCUT2D eigenvalue weighted by Gasteiger charge is 1.94. The Morgan fingerprint density at radius 3 is 2.78 bits per heavy atom. The van der Waals surface area contributed by atoms with Crippen molar-refractivity contribution in [2.75, 3.05) is 5.73 Å². The SMILES string of the molecule is Cc1cnc(N)nc1Cl. The summed E-state index contributed by atoms with van der Waals surface area (Å²) in [5.41, 5.74) is 6.06. The highest BCUT2D eigenvalue weighted by atomic mass is 35.5. The second-order valence-corrected chi connectivity index (χ2v) is 2.06. The van der Waals surface area contributed by atoms with Crippen LogP contribution in [0.1, 0.15) is 5.56 Å². The second kappa shape index (κ2) is 2.19. The molecule has 0 bridgehead atoms. The van der Waals surface area contributed by atoms with Crippen LogP contribution in [-0.2, 0) is 0 Å². The van der Waals surface area contributed by atoms with Crippen LogP contribution in [0.15, 0.2) is 6.20 Å². The fraction of sp³-hybridized carbons (Fsp3) is 0.200. The molecule has 3 nitrogen and oxygen atoms in total. The number of nitrogens with two attached hydrogens (primary N) is 1. The Kier molecular flexibility index (Phi) is 1.53. The van der Waals surface area contributed by atoms with Crippen molar-refractivity contribution in [2.24, 2.45) is 0 Å². The van der Waals surface area contributed by atoms with Gasteiger partial charge in [-0.25, -0.2) is 9.97 Å². The van der Waals surface area contributed by atoms with Crippen molar-refractivity contribution >= 4 is 17.5 Å². The first kappa shape index (κ1) is 6.29. The van der Waals surface area contributed by atoms with Crippen LogP contribution in [0.4, 0.5) is 5.95 Å². The van der Waals surface area contributed by atoms with E-state index in [4.69, 9.17) is 17.3 Å². The third-order valence-corrected chi connectivity index (χ3v) is 1.31. The van der Waals surface area contributed by atoms with Crippen molar-refractivity contribution in [1.29, 1.82) is 0 Å². The molecule has 0 saturated heterocycles. The molecule has 48 valence electrons. The standard InChI is InChI=1S/C5H6ClN3/c1-3-2-8-5(7)9-4(3)6/h2H,1H3,(H2,7,8,9). The summed E-state index contributed by atoms with van der Waals surface area (Å²) in [4.78, 5) is 7.43. The Balaban J connectivity index is 3.17. The Morgan fingerprint density at radius 1 is 1.67 bits per heavy atom. The maximum atomic E-state index is 5.58. The van der Waals surface area contributed by atoms with Gasteiger partial charge in [-0.05, 0) is 6.92 Å². The average molecular weight is 144 g/mol. The fourth-order valence-electron chi connectivity index (χ4n) is 0.434. The predicted molar refractivity (Wildman–Crippen MR) is 36.2 cm³/mol. The number of nitrogens with zero attached hydrogens (tertiary/aromatic N) is 2. The quantitative estimate of drug-likeness (QED) is 0.552. The van der Waals surface area contributed by atoms with Gasteiger partial charge in [-0.2, -0.15) is 0 Å². The number of anilines is 1. The summed E-state index contributed by atoms with van der Waals surface area (Å²) in [7, 11) is 0. The molecule has 0 saturated carbocycles. The molecule has 0 spiro atoms. The highest BCUT2D eigenvalue weighted by molar-refractivity contribution is 6.30. The smallest absolute Gasteiger partial charge is 0.221 e. The van der Waals surface area contributed by atoms with Gasteiger partial charge in [-0.15, -0.1) is 0 Å². The highest BCUT2D eigenvalue weighted by Crippen LogP contribution is 2.09. The van der Waals surface area contributed by atoms with E-state index in [-0.39, 0.29) is 5.95 Å². The second-order valence-electron chi connectivity index (χ2n) is 1.70. The number of rotatable bonds is 0. The fourth-order valence-corrected chi connectivity index (χ4v) is 0.569. The van der Waals surface area contributed by atoms with E-state index in [0.717, 1.165) is 5.56 Å². The normalized spacial score (nSPS) is 9.56. The van der Waals surface area contributed by atoms with Gasteiger partial charge in [0.2, 0.25) is 5.95 Å². The predicted octanol–water partition coefficient (Wildman–Crippen LogP) is 1.02. The molecule has 0 amide bonds. The number of hydrogen-bond acceptors (Lipinski definition) is 3. The summed E-state index contributed by atoms with van der Waals surface area (Å²) in [6.45, 7) is 1.82.